The van der Waals surface area contributed by atoms with Gasteiger partial charge in [-0.15, -0.1) is 0 Å². The number of amidine groups is 1. The molecule has 1 aromatic rings. The minimum absolute atomic E-state index is 0.480. The average Bonchev–Trinajstić information content (AvgIpc) is 2.30. The Bertz CT molecular complexity index is 394. The summed E-state index contributed by atoms with van der Waals surface area (Å²) in [7, 11) is 1.86. The monoisotopic (exact) mass is 177 g/mol. The van der Waals surface area contributed by atoms with E-state index in [1.807, 2.05) is 35.9 Å². The van der Waals surface area contributed by atoms with Crippen molar-refractivity contribution >= 4 is 11.5 Å². The lowest BCUT2D eigenvalue weighted by atomic mass is 9.97. The fraction of sp³-hybridized carbons (Fsp3) is 0.300. The minimum atomic E-state index is -1.02. The number of fused-ring (bicyclic) bond motifs is 1. The Morgan fingerprint density at radius 3 is 2.62 bits per heavy atom. The van der Waals surface area contributed by atoms with Crippen LogP contribution in [0.1, 0.15) is 12.5 Å². The number of rotatable bonds is 0. The molecule has 0 bridgehead atoms. The lowest BCUT2D eigenvalue weighted by Gasteiger charge is -2.12. The number of hydrogen-bond donors (Lipinski definition) is 2. The van der Waals surface area contributed by atoms with E-state index in [2.05, 4.69) is 0 Å². The summed E-state index contributed by atoms with van der Waals surface area (Å²) in [6.07, 6.45) is 0. The number of hydrogen-bond acceptors (Lipinski definition) is 2. The van der Waals surface area contributed by atoms with Crippen LogP contribution in [0.5, 0.6) is 0 Å². The van der Waals surface area contributed by atoms with E-state index in [-0.39, 0.29) is 0 Å². The molecule has 68 valence electrons. The summed E-state index contributed by atoms with van der Waals surface area (Å²) in [5.41, 5.74) is 6.62. The van der Waals surface area contributed by atoms with E-state index in [0.29, 0.717) is 5.84 Å². The van der Waals surface area contributed by atoms with Gasteiger partial charge in [-0.25, -0.2) is 4.58 Å². The number of aliphatic hydroxyl groups is 1. The van der Waals surface area contributed by atoms with Gasteiger partial charge in [-0.2, -0.15) is 0 Å². The van der Waals surface area contributed by atoms with Gasteiger partial charge in [0.05, 0.1) is 7.05 Å². The molecule has 0 saturated carbocycles. The molecule has 3 nitrogen and oxygen atoms in total. The van der Waals surface area contributed by atoms with Crippen molar-refractivity contribution in [1.82, 2.24) is 0 Å². The van der Waals surface area contributed by atoms with E-state index >= 15 is 0 Å². The summed E-state index contributed by atoms with van der Waals surface area (Å²) in [4.78, 5) is 0. The van der Waals surface area contributed by atoms with Gasteiger partial charge < -0.3 is 5.11 Å². The molecule has 3 N–H and O–H groups in total. The molecule has 1 aromatic carbocycles. The second kappa shape index (κ2) is 2.33. The zero-order valence-electron chi connectivity index (χ0n) is 7.78. The van der Waals surface area contributed by atoms with Crippen LogP contribution in [0.4, 0.5) is 5.69 Å². The van der Waals surface area contributed by atoms with Crippen LogP contribution in [0.2, 0.25) is 0 Å². The summed E-state index contributed by atoms with van der Waals surface area (Å²) in [6.45, 7) is 1.71. The molecule has 0 unspecified atom stereocenters. The van der Waals surface area contributed by atoms with Crippen LogP contribution in [0.15, 0.2) is 24.3 Å². The zero-order chi connectivity index (χ0) is 9.64. The first-order chi connectivity index (χ1) is 6.05. The van der Waals surface area contributed by atoms with E-state index in [9.17, 15) is 5.11 Å². The van der Waals surface area contributed by atoms with Gasteiger partial charge in [0, 0.05) is 5.56 Å². The maximum Gasteiger partial charge on any atom is 0.284 e. The first-order valence-corrected chi connectivity index (χ1v) is 4.23. The maximum atomic E-state index is 10.1. The molecule has 1 aliphatic heterocycles. The highest BCUT2D eigenvalue weighted by molar-refractivity contribution is 5.90. The van der Waals surface area contributed by atoms with E-state index in [4.69, 9.17) is 5.73 Å². The number of benzene rings is 1. The van der Waals surface area contributed by atoms with E-state index in [1.54, 1.807) is 6.92 Å². The lowest BCUT2D eigenvalue weighted by molar-refractivity contribution is -0.404. The third-order valence-corrected chi connectivity index (χ3v) is 2.65. The predicted molar refractivity (Wildman–Crippen MR) is 51.1 cm³/mol. The standard InChI is InChI=1S/C10H12N2O/c1-10(13)7-5-3-4-6-8(7)12(2)9(10)11/h3-6,11,13H,1-2H3/p+1/t10-/m0/s1. The van der Waals surface area contributed by atoms with Crippen molar-refractivity contribution in [3.8, 4) is 0 Å². The summed E-state index contributed by atoms with van der Waals surface area (Å²) >= 11 is 0. The zero-order valence-corrected chi connectivity index (χ0v) is 7.78. The van der Waals surface area contributed by atoms with Crippen molar-refractivity contribution in [2.45, 2.75) is 12.5 Å². The van der Waals surface area contributed by atoms with Crippen LogP contribution in [-0.2, 0) is 5.60 Å². The normalized spacial score (nSPS) is 26.4. The van der Waals surface area contributed by atoms with Gasteiger partial charge in [0.25, 0.3) is 5.84 Å². The van der Waals surface area contributed by atoms with Crippen molar-refractivity contribution in [3.05, 3.63) is 29.8 Å². The summed E-state index contributed by atoms with van der Waals surface area (Å²) in [5, 5.41) is 10.1. The van der Waals surface area contributed by atoms with Gasteiger partial charge in [-0.3, -0.25) is 5.73 Å². The number of para-hydroxylation sites is 1. The fourth-order valence-corrected chi connectivity index (χ4v) is 1.77. The van der Waals surface area contributed by atoms with Crippen LogP contribution in [-0.4, -0.2) is 22.6 Å². The maximum absolute atomic E-state index is 10.1. The highest BCUT2D eigenvalue weighted by Gasteiger charge is 2.43. The van der Waals surface area contributed by atoms with Crippen LogP contribution in [0, 0.1) is 0 Å². The first-order valence-electron chi connectivity index (χ1n) is 4.23. The molecule has 0 spiro atoms. The summed E-state index contributed by atoms with van der Waals surface area (Å²) in [5.74, 6) is 0.480. The van der Waals surface area contributed by atoms with Crippen LogP contribution < -0.4 is 5.73 Å². The Kier molecular flexibility index (Phi) is 1.48. The van der Waals surface area contributed by atoms with Crippen molar-refractivity contribution in [2.24, 2.45) is 5.73 Å². The van der Waals surface area contributed by atoms with Gasteiger partial charge in [0.2, 0.25) is 0 Å². The van der Waals surface area contributed by atoms with Crippen LogP contribution in [0.25, 0.3) is 0 Å². The molecule has 2 rings (SSSR count). The summed E-state index contributed by atoms with van der Waals surface area (Å²) in [6, 6.07) is 7.68. The molecule has 0 amide bonds. The molecule has 13 heavy (non-hydrogen) atoms. The topological polar surface area (TPSA) is 49.3 Å². The fourth-order valence-electron chi connectivity index (χ4n) is 1.77. The number of nitrogens with two attached hydrogens (primary N) is 1. The Balaban J connectivity index is 2.74. The summed E-state index contributed by atoms with van der Waals surface area (Å²) < 4.78 is 1.81. The quantitative estimate of drug-likeness (QED) is 0.568. The Morgan fingerprint density at radius 2 is 2.00 bits per heavy atom. The number of nitrogens with zero attached hydrogens (tertiary/aromatic N) is 1. The van der Waals surface area contributed by atoms with Crippen molar-refractivity contribution in [1.29, 1.82) is 0 Å². The van der Waals surface area contributed by atoms with E-state index in [0.717, 1.165) is 11.3 Å². The molecule has 0 aliphatic carbocycles. The molecular weight excluding hydrogens is 164 g/mol. The molecule has 0 aromatic heterocycles. The van der Waals surface area contributed by atoms with Crippen LogP contribution >= 0.6 is 0 Å². The molecule has 1 heterocycles. The predicted octanol–water partition coefficient (Wildman–Crippen LogP) is 0.539. The Labute approximate surface area is 77.1 Å². The smallest absolute Gasteiger partial charge is 0.284 e. The molecular formula is C10H13N2O+. The SMILES string of the molecule is C[N+]1=C(N)[C@@](C)(O)c2ccccc21. The molecule has 1 aliphatic rings. The Hall–Kier alpha value is -1.35. The lowest BCUT2D eigenvalue weighted by Crippen LogP contribution is -2.38. The van der Waals surface area contributed by atoms with Crippen LogP contribution in [0.3, 0.4) is 0 Å². The third kappa shape index (κ3) is 0.906. The molecule has 3 heteroatoms. The second-order valence-corrected chi connectivity index (χ2v) is 3.53. The molecule has 0 radical (unpaired) electrons. The van der Waals surface area contributed by atoms with Gasteiger partial charge in [-0.1, -0.05) is 18.2 Å². The van der Waals surface area contributed by atoms with Crippen molar-refractivity contribution in [2.75, 3.05) is 7.05 Å². The first kappa shape index (κ1) is 8.26. The minimum Gasteiger partial charge on any atom is -0.373 e. The van der Waals surface area contributed by atoms with Gasteiger partial charge >= 0.3 is 0 Å². The molecule has 0 saturated heterocycles. The largest absolute Gasteiger partial charge is 0.373 e. The van der Waals surface area contributed by atoms with E-state index in [1.165, 1.54) is 0 Å². The van der Waals surface area contributed by atoms with Gasteiger partial charge in [0.1, 0.15) is 5.69 Å². The van der Waals surface area contributed by atoms with Gasteiger partial charge in [0.15, 0.2) is 5.60 Å². The Morgan fingerprint density at radius 1 is 1.38 bits per heavy atom. The van der Waals surface area contributed by atoms with Gasteiger partial charge in [-0.05, 0) is 13.0 Å². The van der Waals surface area contributed by atoms with Crippen molar-refractivity contribution < 1.29 is 9.68 Å². The highest BCUT2D eigenvalue weighted by Crippen LogP contribution is 2.35. The average molecular weight is 177 g/mol. The third-order valence-electron chi connectivity index (χ3n) is 2.65. The second-order valence-electron chi connectivity index (χ2n) is 3.53. The molecule has 0 fully saturated rings. The van der Waals surface area contributed by atoms with Crippen molar-refractivity contribution in [3.63, 3.8) is 0 Å². The molecule has 1 atom stereocenters. The van der Waals surface area contributed by atoms with E-state index < -0.39 is 5.60 Å². The highest BCUT2D eigenvalue weighted by atomic mass is 16.3.